The van der Waals surface area contributed by atoms with Crippen LogP contribution in [-0.2, 0) is 28.6 Å². The van der Waals surface area contributed by atoms with Crippen molar-refractivity contribution in [3.05, 3.63) is 0 Å². The third-order valence-electron chi connectivity index (χ3n) is 10.0. The highest BCUT2D eigenvalue weighted by molar-refractivity contribution is 5.71. The fourth-order valence-electron chi connectivity index (χ4n) is 6.63. The van der Waals surface area contributed by atoms with Crippen molar-refractivity contribution < 1.29 is 28.6 Å². The number of ether oxygens (including phenoxy) is 3. The number of carbonyl (C=O) groups excluding carboxylic acids is 3. The summed E-state index contributed by atoms with van der Waals surface area (Å²) in [6.45, 7) is 8.95. The Morgan fingerprint density at radius 1 is 0.373 bits per heavy atom. The van der Waals surface area contributed by atoms with Gasteiger partial charge in [-0.25, -0.2) is 0 Å². The van der Waals surface area contributed by atoms with Gasteiger partial charge in [-0.05, 0) is 25.2 Å². The van der Waals surface area contributed by atoms with Gasteiger partial charge in [0.2, 0.25) is 0 Å². The Bertz CT molecular complexity index is 766. The van der Waals surface area contributed by atoms with Crippen molar-refractivity contribution in [2.75, 3.05) is 13.2 Å². The van der Waals surface area contributed by atoms with Gasteiger partial charge >= 0.3 is 17.9 Å². The first kappa shape index (κ1) is 49.4. The average molecular weight is 723 g/mol. The fraction of sp³-hybridized carbons (Fsp3) is 0.933. The van der Waals surface area contributed by atoms with Crippen molar-refractivity contribution in [1.29, 1.82) is 0 Å². The van der Waals surface area contributed by atoms with Crippen molar-refractivity contribution in [2.24, 2.45) is 5.92 Å². The maximum atomic E-state index is 12.6. The highest BCUT2D eigenvalue weighted by atomic mass is 16.6. The summed E-state index contributed by atoms with van der Waals surface area (Å²) in [4.78, 5) is 37.5. The van der Waals surface area contributed by atoms with Crippen molar-refractivity contribution in [2.45, 2.75) is 252 Å². The molecule has 0 fully saturated rings. The predicted octanol–water partition coefficient (Wildman–Crippen LogP) is 13.9. The zero-order chi connectivity index (χ0) is 37.5. The van der Waals surface area contributed by atoms with E-state index < -0.39 is 6.10 Å². The molecular formula is C45H86O6. The molecule has 0 radical (unpaired) electrons. The largest absolute Gasteiger partial charge is 0.462 e. The van der Waals surface area contributed by atoms with Gasteiger partial charge in [0.15, 0.2) is 6.10 Å². The van der Waals surface area contributed by atoms with Crippen molar-refractivity contribution in [1.82, 2.24) is 0 Å². The van der Waals surface area contributed by atoms with Gasteiger partial charge in [-0.15, -0.1) is 0 Å². The minimum atomic E-state index is -0.757. The second kappa shape index (κ2) is 39.6. The van der Waals surface area contributed by atoms with Crippen molar-refractivity contribution in [3.63, 3.8) is 0 Å². The monoisotopic (exact) mass is 723 g/mol. The Hall–Kier alpha value is -1.59. The van der Waals surface area contributed by atoms with E-state index in [9.17, 15) is 14.4 Å². The highest BCUT2D eigenvalue weighted by Gasteiger charge is 2.19. The molecular weight excluding hydrogens is 636 g/mol. The van der Waals surface area contributed by atoms with Gasteiger partial charge in [-0.2, -0.15) is 0 Å². The first-order valence-corrected chi connectivity index (χ1v) is 22.4. The van der Waals surface area contributed by atoms with Gasteiger partial charge in [-0.3, -0.25) is 14.4 Å². The number of hydrogen-bond donors (Lipinski definition) is 0. The quantitative estimate of drug-likeness (QED) is 0.0356. The van der Waals surface area contributed by atoms with Crippen LogP contribution in [0.15, 0.2) is 0 Å². The lowest BCUT2D eigenvalue weighted by Gasteiger charge is -2.18. The van der Waals surface area contributed by atoms with Crippen LogP contribution in [0.2, 0.25) is 0 Å². The van der Waals surface area contributed by atoms with Crippen LogP contribution in [0.3, 0.4) is 0 Å². The summed E-state index contributed by atoms with van der Waals surface area (Å²) >= 11 is 0. The maximum Gasteiger partial charge on any atom is 0.306 e. The van der Waals surface area contributed by atoms with Crippen LogP contribution >= 0.6 is 0 Å². The molecule has 0 saturated carbocycles. The lowest BCUT2D eigenvalue weighted by Crippen LogP contribution is -2.30. The Balaban J connectivity index is 4.18. The molecule has 0 aromatic carbocycles. The zero-order valence-corrected chi connectivity index (χ0v) is 34.6. The van der Waals surface area contributed by atoms with E-state index in [1.165, 1.54) is 141 Å². The summed E-state index contributed by atoms with van der Waals surface area (Å²) in [5.74, 6) is -0.0193. The van der Waals surface area contributed by atoms with E-state index in [2.05, 4.69) is 27.7 Å². The molecule has 1 atom stereocenters. The summed E-state index contributed by atoms with van der Waals surface area (Å²) in [7, 11) is 0. The molecule has 0 unspecified atom stereocenters. The van der Waals surface area contributed by atoms with Crippen LogP contribution in [0, 0.1) is 5.92 Å². The Kier molecular flexibility index (Phi) is 38.4. The molecule has 302 valence electrons. The molecule has 0 saturated heterocycles. The molecule has 0 bridgehead atoms. The second-order valence-corrected chi connectivity index (χ2v) is 15.8. The number of rotatable bonds is 40. The lowest BCUT2D eigenvalue weighted by molar-refractivity contribution is -0.167. The number of hydrogen-bond acceptors (Lipinski definition) is 6. The predicted molar refractivity (Wildman–Crippen MR) is 215 cm³/mol. The van der Waals surface area contributed by atoms with Crippen LogP contribution in [0.5, 0.6) is 0 Å². The van der Waals surface area contributed by atoms with E-state index in [1.807, 2.05) is 0 Å². The van der Waals surface area contributed by atoms with Gasteiger partial charge in [0, 0.05) is 19.3 Å². The van der Waals surface area contributed by atoms with E-state index in [1.54, 1.807) is 0 Å². The van der Waals surface area contributed by atoms with Crippen LogP contribution in [0.4, 0.5) is 0 Å². The molecule has 0 aromatic rings. The van der Waals surface area contributed by atoms with Gasteiger partial charge < -0.3 is 14.2 Å². The molecule has 0 aliphatic carbocycles. The molecule has 6 nitrogen and oxygen atoms in total. The average Bonchev–Trinajstić information content (AvgIpc) is 3.11. The number of esters is 3. The highest BCUT2D eigenvalue weighted by Crippen LogP contribution is 2.16. The first-order valence-electron chi connectivity index (χ1n) is 22.4. The maximum absolute atomic E-state index is 12.6. The molecule has 6 heteroatoms. The molecule has 0 N–H and O–H groups in total. The molecule has 0 aromatic heterocycles. The van der Waals surface area contributed by atoms with E-state index in [-0.39, 0.29) is 31.1 Å². The molecule has 0 aliphatic heterocycles. The van der Waals surface area contributed by atoms with Crippen LogP contribution in [0.25, 0.3) is 0 Å². The van der Waals surface area contributed by atoms with Gasteiger partial charge in [0.05, 0.1) is 0 Å². The molecule has 51 heavy (non-hydrogen) atoms. The van der Waals surface area contributed by atoms with E-state index in [0.717, 1.165) is 63.7 Å². The third kappa shape index (κ3) is 39.5. The molecule has 0 aliphatic rings. The van der Waals surface area contributed by atoms with Crippen LogP contribution in [-0.4, -0.2) is 37.2 Å². The Labute approximate surface area is 317 Å². The van der Waals surface area contributed by atoms with E-state index >= 15 is 0 Å². The topological polar surface area (TPSA) is 78.9 Å². The van der Waals surface area contributed by atoms with Crippen molar-refractivity contribution in [3.8, 4) is 0 Å². The minimum Gasteiger partial charge on any atom is -0.462 e. The third-order valence-corrected chi connectivity index (χ3v) is 10.0. The summed E-state index contributed by atoms with van der Waals surface area (Å²) in [5, 5.41) is 0. The number of carbonyl (C=O) groups is 3. The molecule has 0 heterocycles. The summed E-state index contributed by atoms with van der Waals surface area (Å²) in [6, 6.07) is 0. The lowest BCUT2D eigenvalue weighted by atomic mass is 10.0. The molecule has 0 spiro atoms. The van der Waals surface area contributed by atoms with E-state index in [0.29, 0.717) is 19.3 Å². The fourth-order valence-corrected chi connectivity index (χ4v) is 6.63. The number of unbranched alkanes of at least 4 members (excludes halogenated alkanes) is 27. The molecule has 0 rings (SSSR count). The van der Waals surface area contributed by atoms with Crippen LogP contribution in [0.1, 0.15) is 246 Å². The minimum absolute atomic E-state index is 0.0643. The summed E-state index contributed by atoms with van der Waals surface area (Å²) in [5.41, 5.74) is 0. The second-order valence-electron chi connectivity index (χ2n) is 15.8. The zero-order valence-electron chi connectivity index (χ0n) is 34.6. The van der Waals surface area contributed by atoms with Gasteiger partial charge in [0.25, 0.3) is 0 Å². The van der Waals surface area contributed by atoms with Crippen molar-refractivity contribution >= 4 is 17.9 Å². The first-order chi connectivity index (χ1) is 24.9. The Morgan fingerprint density at radius 2 is 0.647 bits per heavy atom. The Morgan fingerprint density at radius 3 is 0.961 bits per heavy atom. The summed E-state index contributed by atoms with van der Waals surface area (Å²) < 4.78 is 16.6. The smallest absolute Gasteiger partial charge is 0.306 e. The van der Waals surface area contributed by atoms with E-state index in [4.69, 9.17) is 14.2 Å². The SMILES string of the molecule is CCCCCCCCCCCC(=O)O[C@@H](COC(=O)CCCCCCCCC)COC(=O)CCCCCCCCCCCCCCCCC(C)C. The standard InChI is InChI=1S/C45H86O6/c1-5-7-9-11-13-20-26-30-34-38-45(48)51-42(39-49-43(46)36-32-28-23-12-10-8-6-2)40-50-44(47)37-33-29-25-22-19-17-15-14-16-18-21-24-27-31-35-41(3)4/h41-42H,5-40H2,1-4H3/t42-/m0/s1. The van der Waals surface area contributed by atoms with Gasteiger partial charge in [0.1, 0.15) is 13.2 Å². The normalized spacial score (nSPS) is 11.9. The van der Waals surface area contributed by atoms with Gasteiger partial charge in [-0.1, -0.05) is 207 Å². The van der Waals surface area contributed by atoms with Crippen LogP contribution < -0.4 is 0 Å². The molecule has 0 amide bonds. The summed E-state index contributed by atoms with van der Waals surface area (Å²) in [6.07, 6.45) is 38.1.